The Balaban J connectivity index is 1.84. The average Bonchev–Trinajstić information content (AvgIpc) is 3.28. The van der Waals surface area contributed by atoms with Gasteiger partial charge in [0.1, 0.15) is 10.6 Å². The largest absolute Gasteiger partial charge is 0.345 e. The van der Waals surface area contributed by atoms with E-state index in [0.717, 1.165) is 12.0 Å². The fraction of sp³-hybridized carbons (Fsp3) is 0.368. The van der Waals surface area contributed by atoms with Crippen LogP contribution in [0, 0.1) is 0 Å². The van der Waals surface area contributed by atoms with E-state index in [1.54, 1.807) is 11.9 Å². The van der Waals surface area contributed by atoms with Gasteiger partial charge >= 0.3 is 0 Å². The Bertz CT molecular complexity index is 969. The Hall–Kier alpha value is -2.65. The number of benzene rings is 1. The topological polar surface area (TPSA) is 101 Å². The van der Waals surface area contributed by atoms with Gasteiger partial charge in [0.15, 0.2) is 0 Å². The number of aryl methyl sites for hydroxylation is 1. The summed E-state index contributed by atoms with van der Waals surface area (Å²) >= 11 is 0. The lowest BCUT2D eigenvalue weighted by Gasteiger charge is -2.25. The molecule has 0 bridgehead atoms. The van der Waals surface area contributed by atoms with Crippen molar-refractivity contribution in [2.45, 2.75) is 23.8 Å². The van der Waals surface area contributed by atoms with Crippen LogP contribution < -0.4 is 10.0 Å². The number of likely N-dealkylation sites (tertiary alicyclic amines) is 1. The Morgan fingerprint density at radius 3 is 2.57 bits per heavy atom. The summed E-state index contributed by atoms with van der Waals surface area (Å²) in [7, 11) is -0.707. The van der Waals surface area contributed by atoms with E-state index in [2.05, 4.69) is 10.0 Å². The Morgan fingerprint density at radius 1 is 1.25 bits per heavy atom. The summed E-state index contributed by atoms with van der Waals surface area (Å²) in [5, 5.41) is 2.95. The van der Waals surface area contributed by atoms with Crippen molar-refractivity contribution in [2.24, 2.45) is 7.05 Å². The molecule has 28 heavy (non-hydrogen) atoms. The van der Waals surface area contributed by atoms with Gasteiger partial charge in [-0.1, -0.05) is 30.3 Å². The first kappa shape index (κ1) is 20.1. The third kappa shape index (κ3) is 4.26. The van der Waals surface area contributed by atoms with E-state index < -0.39 is 22.0 Å². The number of rotatable bonds is 7. The highest BCUT2D eigenvalue weighted by Gasteiger charge is 2.27. The highest BCUT2D eigenvalue weighted by Crippen LogP contribution is 2.20. The molecule has 0 radical (unpaired) electrons. The van der Waals surface area contributed by atoms with Crippen LogP contribution in [-0.4, -0.2) is 49.8 Å². The van der Waals surface area contributed by atoms with Crippen LogP contribution >= 0.6 is 0 Å². The van der Waals surface area contributed by atoms with Crippen LogP contribution in [0.15, 0.2) is 47.5 Å². The van der Waals surface area contributed by atoms with Crippen LogP contribution in [0.1, 0.15) is 34.9 Å². The number of carbonyl (C=O) groups excluding carboxylic acids is 2. The van der Waals surface area contributed by atoms with Crippen molar-refractivity contribution in [1.82, 2.24) is 19.5 Å². The van der Waals surface area contributed by atoms with E-state index in [9.17, 15) is 18.0 Å². The Morgan fingerprint density at radius 2 is 1.96 bits per heavy atom. The fourth-order valence-corrected chi connectivity index (χ4v) is 4.09. The number of aromatic nitrogens is 1. The zero-order valence-corrected chi connectivity index (χ0v) is 16.7. The smallest absolute Gasteiger partial charge is 0.268 e. The van der Waals surface area contributed by atoms with Gasteiger partial charge in [-0.15, -0.1) is 0 Å². The molecule has 0 spiro atoms. The predicted molar refractivity (Wildman–Crippen MR) is 104 cm³/mol. The molecule has 1 saturated heterocycles. The monoisotopic (exact) mass is 404 g/mol. The molecular formula is C19H24N4O4S. The molecule has 3 rings (SSSR count). The molecule has 0 saturated carbocycles. The number of hydrogen-bond acceptors (Lipinski definition) is 4. The van der Waals surface area contributed by atoms with Crippen LogP contribution in [0.2, 0.25) is 0 Å². The lowest BCUT2D eigenvalue weighted by atomic mass is 10.1. The van der Waals surface area contributed by atoms with Crippen LogP contribution in [-0.2, 0) is 21.9 Å². The first-order valence-electron chi connectivity index (χ1n) is 9.05. The molecule has 2 N–H and O–H groups in total. The predicted octanol–water partition coefficient (Wildman–Crippen LogP) is 1.03. The standard InChI is InChI=1S/C19H24N4O4S/c1-20-28(26,27)15-11-17(22(2)12-15)19(25)21-16(14-7-4-3-5-8-14)13-23-10-6-9-18(23)24/h3-5,7-8,11-12,16,20H,6,9-10,13H2,1-2H3,(H,21,25)/t16-/m1/s1. The van der Waals surface area contributed by atoms with Crippen molar-refractivity contribution in [3.8, 4) is 0 Å². The van der Waals surface area contributed by atoms with Crippen molar-refractivity contribution in [2.75, 3.05) is 20.1 Å². The van der Waals surface area contributed by atoms with Crippen molar-refractivity contribution < 1.29 is 18.0 Å². The molecule has 150 valence electrons. The molecule has 0 unspecified atom stereocenters. The van der Waals surface area contributed by atoms with E-state index in [-0.39, 0.29) is 16.5 Å². The van der Waals surface area contributed by atoms with E-state index in [0.29, 0.717) is 19.5 Å². The highest BCUT2D eigenvalue weighted by atomic mass is 32.2. The summed E-state index contributed by atoms with van der Waals surface area (Å²) in [5.74, 6) is -0.322. The molecule has 9 heteroatoms. The molecular weight excluding hydrogens is 380 g/mol. The summed E-state index contributed by atoms with van der Waals surface area (Å²) < 4.78 is 27.7. The number of amides is 2. The van der Waals surface area contributed by atoms with Crippen LogP contribution in [0.3, 0.4) is 0 Å². The second-order valence-corrected chi connectivity index (χ2v) is 8.65. The summed E-state index contributed by atoms with van der Waals surface area (Å²) in [4.78, 5) is 26.7. The summed E-state index contributed by atoms with van der Waals surface area (Å²) in [6.45, 7) is 1.05. The van der Waals surface area contributed by atoms with Gasteiger partial charge < -0.3 is 14.8 Å². The van der Waals surface area contributed by atoms with Crippen molar-refractivity contribution in [3.63, 3.8) is 0 Å². The molecule has 1 atom stereocenters. The van der Waals surface area contributed by atoms with Crippen LogP contribution in [0.25, 0.3) is 0 Å². The van der Waals surface area contributed by atoms with Gasteiger partial charge in [-0.25, -0.2) is 13.1 Å². The Labute approximate surface area is 164 Å². The SMILES string of the molecule is CNS(=O)(=O)c1cc(C(=O)N[C@H](CN2CCCC2=O)c2ccccc2)n(C)c1. The first-order chi connectivity index (χ1) is 13.3. The van der Waals surface area contributed by atoms with Gasteiger partial charge in [0, 0.05) is 32.8 Å². The maximum atomic E-state index is 12.9. The van der Waals surface area contributed by atoms with Gasteiger partial charge in [-0.2, -0.15) is 0 Å². The molecule has 2 heterocycles. The molecule has 1 aromatic heterocycles. The van der Waals surface area contributed by atoms with Crippen LogP contribution in [0.4, 0.5) is 0 Å². The highest BCUT2D eigenvalue weighted by molar-refractivity contribution is 7.89. The van der Waals surface area contributed by atoms with Gasteiger partial charge in [-0.3, -0.25) is 9.59 Å². The number of nitrogens with one attached hydrogen (secondary N) is 2. The molecule has 8 nitrogen and oxygen atoms in total. The number of hydrogen-bond donors (Lipinski definition) is 2. The minimum Gasteiger partial charge on any atom is -0.345 e. The molecule has 2 amide bonds. The quantitative estimate of drug-likeness (QED) is 0.720. The lowest BCUT2D eigenvalue weighted by molar-refractivity contribution is -0.128. The molecule has 2 aromatic rings. The van der Waals surface area contributed by atoms with Gasteiger partial charge in [0.2, 0.25) is 15.9 Å². The second-order valence-electron chi connectivity index (χ2n) is 6.76. The van der Waals surface area contributed by atoms with E-state index in [4.69, 9.17) is 0 Å². The summed E-state index contributed by atoms with van der Waals surface area (Å²) in [5.41, 5.74) is 1.11. The molecule has 1 aromatic carbocycles. The minimum atomic E-state index is -3.64. The van der Waals surface area contributed by atoms with E-state index in [1.807, 2.05) is 30.3 Å². The Kier molecular flexibility index (Phi) is 5.85. The van der Waals surface area contributed by atoms with E-state index in [1.165, 1.54) is 23.9 Å². The third-order valence-corrected chi connectivity index (χ3v) is 6.25. The second kappa shape index (κ2) is 8.15. The molecule has 1 aliphatic heterocycles. The maximum Gasteiger partial charge on any atom is 0.268 e. The molecule has 0 aliphatic carbocycles. The number of nitrogens with zero attached hydrogens (tertiary/aromatic N) is 2. The first-order valence-corrected chi connectivity index (χ1v) is 10.5. The number of carbonyl (C=O) groups is 2. The summed E-state index contributed by atoms with van der Waals surface area (Å²) in [6.07, 6.45) is 2.73. The lowest BCUT2D eigenvalue weighted by Crippen LogP contribution is -2.39. The zero-order valence-electron chi connectivity index (χ0n) is 15.9. The van der Waals surface area contributed by atoms with Crippen molar-refractivity contribution in [1.29, 1.82) is 0 Å². The average molecular weight is 404 g/mol. The van der Waals surface area contributed by atoms with Crippen molar-refractivity contribution >= 4 is 21.8 Å². The fourth-order valence-electron chi connectivity index (χ4n) is 3.29. The van der Waals surface area contributed by atoms with Gasteiger partial charge in [0.25, 0.3) is 5.91 Å². The van der Waals surface area contributed by atoms with E-state index >= 15 is 0 Å². The van der Waals surface area contributed by atoms with Gasteiger partial charge in [0.05, 0.1) is 6.04 Å². The normalized spacial score (nSPS) is 15.6. The minimum absolute atomic E-state index is 0.0219. The summed E-state index contributed by atoms with van der Waals surface area (Å²) in [6, 6.07) is 10.4. The number of sulfonamides is 1. The third-order valence-electron chi connectivity index (χ3n) is 4.87. The molecule has 1 fully saturated rings. The molecule has 1 aliphatic rings. The van der Waals surface area contributed by atoms with Crippen molar-refractivity contribution in [3.05, 3.63) is 53.9 Å². The zero-order chi connectivity index (χ0) is 20.3. The maximum absolute atomic E-state index is 12.9. The van der Waals surface area contributed by atoms with Gasteiger partial charge in [-0.05, 0) is 25.1 Å². The van der Waals surface area contributed by atoms with Crippen LogP contribution in [0.5, 0.6) is 0 Å².